The third-order valence-corrected chi connectivity index (χ3v) is 12.4. The molecule has 0 spiro atoms. The van der Waals surface area contributed by atoms with Gasteiger partial charge in [-0.2, -0.15) is 0 Å². The zero-order chi connectivity index (χ0) is 50.0. The second kappa shape index (κ2) is 57.2. The number of rotatable bonds is 52. The number of carbonyl (C=O) groups is 3. The largest absolute Gasteiger partial charge is 0.462 e. The van der Waals surface area contributed by atoms with Crippen LogP contribution in [0, 0.1) is 0 Å². The van der Waals surface area contributed by atoms with Gasteiger partial charge in [-0.3, -0.25) is 14.4 Å². The van der Waals surface area contributed by atoms with Gasteiger partial charge in [0.05, 0.1) is 0 Å². The fourth-order valence-electron chi connectivity index (χ4n) is 8.03. The molecule has 0 saturated heterocycles. The van der Waals surface area contributed by atoms with Gasteiger partial charge in [0.2, 0.25) is 0 Å². The lowest BCUT2D eigenvalue weighted by molar-refractivity contribution is -0.167. The molecule has 0 radical (unpaired) electrons. The van der Waals surface area contributed by atoms with Crippen LogP contribution < -0.4 is 0 Å². The van der Waals surface area contributed by atoms with Crippen LogP contribution in [0.15, 0.2) is 85.1 Å². The zero-order valence-electron chi connectivity index (χ0n) is 45.3. The summed E-state index contributed by atoms with van der Waals surface area (Å²) in [5.74, 6) is -0.900. The lowest BCUT2D eigenvalue weighted by Gasteiger charge is -2.18. The maximum atomic E-state index is 12.8. The van der Waals surface area contributed by atoms with E-state index in [1.807, 2.05) is 0 Å². The van der Waals surface area contributed by atoms with Crippen LogP contribution in [0.3, 0.4) is 0 Å². The molecule has 0 aliphatic heterocycles. The third kappa shape index (κ3) is 55.4. The molecule has 1 unspecified atom stereocenters. The highest BCUT2D eigenvalue weighted by Gasteiger charge is 2.19. The topological polar surface area (TPSA) is 78.9 Å². The standard InChI is InChI=1S/C63H108O6/c1-4-7-10-13-16-19-21-23-25-27-29-30-31-32-33-34-35-37-38-40-42-44-47-50-53-56-62(65)68-59-60(58-67-61(64)55-52-49-46-18-15-12-9-6-3)69-63(66)57-54-51-48-45-43-41-39-36-28-26-24-22-20-17-14-11-8-5-2/h7,10,16,19,23,25-26,28-30,32-33,35,37,60H,4-6,8-9,11-15,17-18,20-22,24,27,31,34,36,38-59H2,1-3H3/b10-7-,19-16-,25-23-,28-26-,30-29-,33-32-,37-35-. The molecule has 0 N–H and O–H groups in total. The van der Waals surface area contributed by atoms with Crippen molar-refractivity contribution < 1.29 is 28.6 Å². The molecule has 0 aromatic heterocycles. The van der Waals surface area contributed by atoms with E-state index in [0.29, 0.717) is 19.3 Å². The Kier molecular flexibility index (Phi) is 54.3. The molecular weight excluding hydrogens is 853 g/mol. The number of hydrogen-bond donors (Lipinski definition) is 0. The van der Waals surface area contributed by atoms with E-state index in [2.05, 4.69) is 106 Å². The van der Waals surface area contributed by atoms with Crippen molar-refractivity contribution in [2.45, 2.75) is 284 Å². The van der Waals surface area contributed by atoms with Gasteiger partial charge >= 0.3 is 17.9 Å². The molecule has 0 amide bonds. The van der Waals surface area contributed by atoms with Crippen molar-refractivity contribution in [1.29, 1.82) is 0 Å². The van der Waals surface area contributed by atoms with E-state index in [9.17, 15) is 14.4 Å². The summed E-state index contributed by atoms with van der Waals surface area (Å²) in [6.07, 6.45) is 74.4. The fourth-order valence-corrected chi connectivity index (χ4v) is 8.03. The summed E-state index contributed by atoms with van der Waals surface area (Å²) in [5.41, 5.74) is 0. The average Bonchev–Trinajstić information content (AvgIpc) is 3.35. The minimum Gasteiger partial charge on any atom is -0.462 e. The van der Waals surface area contributed by atoms with Gasteiger partial charge in [-0.15, -0.1) is 0 Å². The van der Waals surface area contributed by atoms with Crippen molar-refractivity contribution in [3.8, 4) is 0 Å². The summed E-state index contributed by atoms with van der Waals surface area (Å²) in [6, 6.07) is 0. The lowest BCUT2D eigenvalue weighted by atomic mass is 10.1. The first-order valence-electron chi connectivity index (χ1n) is 29.1. The van der Waals surface area contributed by atoms with Crippen molar-refractivity contribution >= 4 is 17.9 Å². The lowest BCUT2D eigenvalue weighted by Crippen LogP contribution is -2.30. The molecule has 396 valence electrons. The minimum atomic E-state index is -0.783. The van der Waals surface area contributed by atoms with Gasteiger partial charge in [0.1, 0.15) is 13.2 Å². The van der Waals surface area contributed by atoms with Crippen molar-refractivity contribution in [2.24, 2.45) is 0 Å². The molecule has 0 heterocycles. The fraction of sp³-hybridized carbons (Fsp3) is 0.730. The van der Waals surface area contributed by atoms with Crippen LogP contribution in [-0.4, -0.2) is 37.2 Å². The molecule has 6 nitrogen and oxygen atoms in total. The van der Waals surface area contributed by atoms with Crippen molar-refractivity contribution in [1.82, 2.24) is 0 Å². The molecule has 0 aromatic carbocycles. The quantitative estimate of drug-likeness (QED) is 0.0262. The van der Waals surface area contributed by atoms with E-state index in [-0.39, 0.29) is 31.1 Å². The van der Waals surface area contributed by atoms with Gasteiger partial charge in [0, 0.05) is 19.3 Å². The number of esters is 3. The molecule has 1 atom stereocenters. The van der Waals surface area contributed by atoms with E-state index in [1.165, 1.54) is 128 Å². The van der Waals surface area contributed by atoms with Crippen molar-refractivity contribution in [2.75, 3.05) is 13.2 Å². The first-order valence-corrected chi connectivity index (χ1v) is 29.1. The Morgan fingerprint density at radius 2 is 0.565 bits per heavy atom. The van der Waals surface area contributed by atoms with E-state index in [0.717, 1.165) is 109 Å². The predicted molar refractivity (Wildman–Crippen MR) is 297 cm³/mol. The van der Waals surface area contributed by atoms with Crippen LogP contribution >= 0.6 is 0 Å². The Hall–Kier alpha value is -3.41. The van der Waals surface area contributed by atoms with E-state index < -0.39 is 6.10 Å². The van der Waals surface area contributed by atoms with Crippen LogP contribution in [0.2, 0.25) is 0 Å². The van der Waals surface area contributed by atoms with E-state index in [4.69, 9.17) is 14.2 Å². The summed E-state index contributed by atoms with van der Waals surface area (Å²) < 4.78 is 16.8. The molecule has 0 bridgehead atoms. The normalized spacial score (nSPS) is 12.7. The number of unbranched alkanes of at least 4 members (excludes halogenated alkanes) is 27. The molecule has 0 aromatic rings. The maximum absolute atomic E-state index is 12.8. The van der Waals surface area contributed by atoms with Crippen LogP contribution in [-0.2, 0) is 28.6 Å². The number of carbonyl (C=O) groups excluding carboxylic acids is 3. The Bertz CT molecular complexity index is 1330. The predicted octanol–water partition coefficient (Wildman–Crippen LogP) is 19.5. The monoisotopic (exact) mass is 961 g/mol. The van der Waals surface area contributed by atoms with Crippen LogP contribution in [0.5, 0.6) is 0 Å². The van der Waals surface area contributed by atoms with Gasteiger partial charge < -0.3 is 14.2 Å². The van der Waals surface area contributed by atoms with Gasteiger partial charge in [0.15, 0.2) is 6.10 Å². The average molecular weight is 962 g/mol. The second-order valence-corrected chi connectivity index (χ2v) is 19.2. The molecule has 0 saturated carbocycles. The third-order valence-electron chi connectivity index (χ3n) is 12.4. The zero-order valence-corrected chi connectivity index (χ0v) is 45.3. The first-order chi connectivity index (χ1) is 34.0. The molecule has 0 aliphatic carbocycles. The summed E-state index contributed by atoms with van der Waals surface area (Å²) in [5, 5.41) is 0. The number of hydrogen-bond acceptors (Lipinski definition) is 6. The SMILES string of the molecule is CC/C=C\C/C=C\C/C=C\C/C=C\C/C=C\C/C=C\CCCCCCCCC(=O)OCC(COC(=O)CCCCCCCCCC)OC(=O)CCCCCCCCC/C=C\CCCCCCCCC. The molecule has 0 rings (SSSR count). The first kappa shape index (κ1) is 65.6. The van der Waals surface area contributed by atoms with Crippen LogP contribution in [0.1, 0.15) is 278 Å². The molecule has 6 heteroatoms. The summed E-state index contributed by atoms with van der Waals surface area (Å²) in [6.45, 7) is 6.49. The van der Waals surface area contributed by atoms with Crippen molar-refractivity contribution in [3.05, 3.63) is 85.1 Å². The van der Waals surface area contributed by atoms with Crippen LogP contribution in [0.4, 0.5) is 0 Å². The smallest absolute Gasteiger partial charge is 0.306 e. The Morgan fingerprint density at radius 3 is 0.899 bits per heavy atom. The van der Waals surface area contributed by atoms with E-state index >= 15 is 0 Å². The number of allylic oxidation sites excluding steroid dienone is 14. The summed E-state index contributed by atoms with van der Waals surface area (Å²) in [7, 11) is 0. The molecule has 0 fully saturated rings. The summed E-state index contributed by atoms with van der Waals surface area (Å²) >= 11 is 0. The van der Waals surface area contributed by atoms with Crippen LogP contribution in [0.25, 0.3) is 0 Å². The molecular formula is C63H108O6. The van der Waals surface area contributed by atoms with Gasteiger partial charge in [0.25, 0.3) is 0 Å². The van der Waals surface area contributed by atoms with Gasteiger partial charge in [-0.05, 0) is 96.3 Å². The summed E-state index contributed by atoms with van der Waals surface area (Å²) in [4.78, 5) is 38.0. The minimum absolute atomic E-state index is 0.0816. The Balaban J connectivity index is 4.27. The Morgan fingerprint density at radius 1 is 0.304 bits per heavy atom. The second-order valence-electron chi connectivity index (χ2n) is 19.2. The van der Waals surface area contributed by atoms with Gasteiger partial charge in [-0.1, -0.05) is 247 Å². The molecule has 69 heavy (non-hydrogen) atoms. The highest BCUT2D eigenvalue weighted by molar-refractivity contribution is 5.71. The van der Waals surface area contributed by atoms with Gasteiger partial charge in [-0.25, -0.2) is 0 Å². The maximum Gasteiger partial charge on any atom is 0.306 e. The number of ether oxygens (including phenoxy) is 3. The van der Waals surface area contributed by atoms with Crippen molar-refractivity contribution in [3.63, 3.8) is 0 Å². The highest BCUT2D eigenvalue weighted by Crippen LogP contribution is 2.15. The van der Waals surface area contributed by atoms with E-state index in [1.54, 1.807) is 0 Å². The highest BCUT2D eigenvalue weighted by atomic mass is 16.6. The Labute approximate surface area is 426 Å². The molecule has 0 aliphatic rings.